The Bertz CT molecular complexity index is 1040. The minimum Gasteiger partial charge on any atom is -0.461 e. The van der Waals surface area contributed by atoms with E-state index in [4.69, 9.17) is 0 Å². The number of hydrogen-bond donors (Lipinski definition) is 2. The van der Waals surface area contributed by atoms with Gasteiger partial charge in [0.1, 0.15) is 6.33 Å². The Labute approximate surface area is 269 Å². The summed E-state index contributed by atoms with van der Waals surface area (Å²) in [7, 11) is 5.43. The molecule has 0 spiro atoms. The summed E-state index contributed by atoms with van der Waals surface area (Å²) in [6, 6.07) is 1.16. The third kappa shape index (κ3) is 9.96. The van der Waals surface area contributed by atoms with Crippen molar-refractivity contribution in [3.05, 3.63) is 73.5 Å². The van der Waals surface area contributed by atoms with Gasteiger partial charge in [0, 0.05) is 40.9 Å². The summed E-state index contributed by atoms with van der Waals surface area (Å²) >= 11 is 0. The average molecular weight is 624 g/mol. The minimum atomic E-state index is -4.73. The van der Waals surface area contributed by atoms with Crippen molar-refractivity contribution in [2.75, 3.05) is 13.6 Å². The second-order valence-corrected chi connectivity index (χ2v) is 8.54. The van der Waals surface area contributed by atoms with Crippen LogP contribution in [0.2, 0.25) is 0 Å². The van der Waals surface area contributed by atoms with Crippen molar-refractivity contribution in [1.82, 2.24) is 20.5 Å². The number of hydrogen-bond acceptors (Lipinski definition) is 4. The first-order chi connectivity index (χ1) is 16.4. The Balaban J connectivity index is 0.00000648. The van der Waals surface area contributed by atoms with Crippen molar-refractivity contribution in [2.24, 2.45) is 5.92 Å². The van der Waals surface area contributed by atoms with Crippen LogP contribution in [0.4, 0.5) is 17.6 Å². The molecule has 1 atom stereocenters. The number of amides is 1. The van der Waals surface area contributed by atoms with E-state index in [0.29, 0.717) is 12.9 Å². The number of allylic oxidation sites excluding steroid dienone is 1. The SMILES string of the molecule is C=Cc1c(C(=C)N/C(=C\F)CCN([CH2-])C)cc(/C=C/C(C)NC(=O)C2CC2)nc1C(=C)C(F)(F)F.[Cs+]. The zero-order valence-corrected chi connectivity index (χ0v) is 27.3. The normalized spacial score (nSPS) is 14.8. The predicted molar refractivity (Wildman–Crippen MR) is 133 cm³/mol. The van der Waals surface area contributed by atoms with Crippen LogP contribution in [-0.4, -0.2) is 41.6 Å². The number of halogens is 4. The standard InChI is InChI=1S/C26H31F4N4O.Cs/c1-7-22-23(18(4)32-21(15-27)12-13-34(5)6)14-20(33-24(22)17(3)26(28,29)30)11-8-16(2)31-25(35)19-9-10-19;/h7-8,11,14-16,19,32H,1,3-5,9-10,12-13H2,2,6H3,(H,31,35);/q-1;+1/b11-8+,21-15-;. The number of pyridine rings is 1. The number of rotatable bonds is 12. The van der Waals surface area contributed by atoms with Crippen LogP contribution in [0.1, 0.15) is 48.7 Å². The third-order valence-electron chi connectivity index (χ3n) is 5.32. The van der Waals surface area contributed by atoms with Gasteiger partial charge in [0.25, 0.3) is 0 Å². The number of carbonyl (C=O) groups is 1. The second kappa shape index (κ2) is 14.7. The summed E-state index contributed by atoms with van der Waals surface area (Å²) < 4.78 is 54.1. The van der Waals surface area contributed by atoms with E-state index in [9.17, 15) is 22.4 Å². The number of alkyl halides is 3. The van der Waals surface area contributed by atoms with Crippen LogP contribution in [0, 0.1) is 13.0 Å². The molecule has 1 fully saturated rings. The molecule has 5 nitrogen and oxygen atoms in total. The zero-order valence-electron chi connectivity index (χ0n) is 21.0. The van der Waals surface area contributed by atoms with Gasteiger partial charge in [-0.05, 0) is 45.5 Å². The zero-order chi connectivity index (χ0) is 26.3. The van der Waals surface area contributed by atoms with E-state index < -0.39 is 17.4 Å². The summed E-state index contributed by atoms with van der Waals surface area (Å²) in [4.78, 5) is 17.7. The van der Waals surface area contributed by atoms with Gasteiger partial charge in [-0.2, -0.15) is 13.2 Å². The van der Waals surface area contributed by atoms with Gasteiger partial charge in [-0.25, -0.2) is 9.37 Å². The number of nitrogens with zero attached hydrogens (tertiary/aromatic N) is 2. The summed E-state index contributed by atoms with van der Waals surface area (Å²) in [6.45, 7) is 12.9. The maximum Gasteiger partial charge on any atom is 1.00 e. The molecule has 36 heavy (non-hydrogen) atoms. The fourth-order valence-corrected chi connectivity index (χ4v) is 3.18. The van der Waals surface area contributed by atoms with Crippen molar-refractivity contribution in [2.45, 2.75) is 38.4 Å². The van der Waals surface area contributed by atoms with E-state index in [1.807, 2.05) is 0 Å². The van der Waals surface area contributed by atoms with Gasteiger partial charge < -0.3 is 15.5 Å². The first kappa shape index (κ1) is 32.9. The Kier molecular flexibility index (Phi) is 13.4. The van der Waals surface area contributed by atoms with Gasteiger partial charge in [0.15, 0.2) is 0 Å². The summed E-state index contributed by atoms with van der Waals surface area (Å²) in [5, 5.41) is 5.66. The van der Waals surface area contributed by atoms with Crippen molar-refractivity contribution in [3.8, 4) is 0 Å². The Hall–Kier alpha value is -1.15. The Morgan fingerprint density at radius 2 is 2.00 bits per heavy atom. The molecule has 0 aromatic carbocycles. The molecule has 1 aromatic rings. The first-order valence-corrected chi connectivity index (χ1v) is 11.1. The fourth-order valence-electron chi connectivity index (χ4n) is 3.18. The smallest absolute Gasteiger partial charge is 0.461 e. The van der Waals surface area contributed by atoms with Crippen LogP contribution >= 0.6 is 0 Å². The van der Waals surface area contributed by atoms with Gasteiger partial charge in [-0.15, -0.1) is 0 Å². The van der Waals surface area contributed by atoms with Gasteiger partial charge in [0.2, 0.25) is 5.91 Å². The molecule has 1 aliphatic rings. The number of aromatic nitrogens is 1. The van der Waals surface area contributed by atoms with E-state index in [1.165, 1.54) is 18.2 Å². The van der Waals surface area contributed by atoms with Gasteiger partial charge in [0.05, 0.1) is 17.0 Å². The van der Waals surface area contributed by atoms with Crippen molar-refractivity contribution in [1.29, 1.82) is 0 Å². The fraction of sp³-hybridized carbons (Fsp3) is 0.346. The van der Waals surface area contributed by atoms with Crippen LogP contribution < -0.4 is 79.5 Å². The van der Waals surface area contributed by atoms with Crippen LogP contribution in [-0.2, 0) is 4.79 Å². The molecule has 1 aromatic heterocycles. The maximum atomic E-state index is 13.5. The molecule has 1 aliphatic carbocycles. The van der Waals surface area contributed by atoms with Gasteiger partial charge >= 0.3 is 75.1 Å². The maximum absolute atomic E-state index is 13.5. The first-order valence-electron chi connectivity index (χ1n) is 11.1. The van der Waals surface area contributed by atoms with Crippen molar-refractivity contribution >= 4 is 29.3 Å². The molecule has 0 bridgehead atoms. The Morgan fingerprint density at radius 1 is 1.36 bits per heavy atom. The number of carbonyl (C=O) groups excluding carboxylic acids is 1. The van der Waals surface area contributed by atoms with E-state index in [0.717, 1.165) is 12.8 Å². The second-order valence-electron chi connectivity index (χ2n) is 8.54. The van der Waals surface area contributed by atoms with Gasteiger partial charge in [-0.1, -0.05) is 31.9 Å². The minimum absolute atomic E-state index is 0. The molecule has 10 heteroatoms. The molecule has 0 aliphatic heterocycles. The molecule has 0 saturated heterocycles. The largest absolute Gasteiger partial charge is 1.00 e. The van der Waals surface area contributed by atoms with Crippen molar-refractivity contribution < 1.29 is 91.2 Å². The molecule has 0 radical (unpaired) electrons. The topological polar surface area (TPSA) is 57.3 Å². The van der Waals surface area contributed by atoms with E-state index in [-0.39, 0.29) is 121 Å². The summed E-state index contributed by atoms with van der Waals surface area (Å²) in [5.74, 6) is -0.0282. The van der Waals surface area contributed by atoms with Crippen molar-refractivity contribution in [3.63, 3.8) is 0 Å². The van der Waals surface area contributed by atoms with Crippen LogP contribution in [0.15, 0.2) is 43.9 Å². The molecule has 1 saturated carbocycles. The molecule has 2 N–H and O–H groups in total. The molecular weight excluding hydrogens is 593 g/mol. The number of nitrogens with one attached hydrogen (secondary N) is 2. The van der Waals surface area contributed by atoms with Crippen LogP contribution in [0.25, 0.3) is 23.4 Å². The van der Waals surface area contributed by atoms with E-state index in [2.05, 4.69) is 42.4 Å². The molecule has 2 rings (SSSR count). The molecule has 190 valence electrons. The van der Waals surface area contributed by atoms with E-state index >= 15 is 0 Å². The summed E-state index contributed by atoms with van der Waals surface area (Å²) in [6.07, 6.45) is 2.01. The molecule has 1 amide bonds. The average Bonchev–Trinajstić information content (AvgIpc) is 3.63. The molecule has 1 heterocycles. The van der Waals surface area contributed by atoms with Gasteiger partial charge in [-0.3, -0.25) is 11.8 Å². The monoisotopic (exact) mass is 624 g/mol. The quantitative estimate of drug-likeness (QED) is 0.278. The molecule has 1 unspecified atom stereocenters. The van der Waals surface area contributed by atoms with Crippen LogP contribution in [0.3, 0.4) is 0 Å². The predicted octanol–water partition coefficient (Wildman–Crippen LogP) is 2.72. The Morgan fingerprint density at radius 3 is 2.50 bits per heavy atom. The van der Waals surface area contributed by atoms with E-state index in [1.54, 1.807) is 24.9 Å². The summed E-state index contributed by atoms with van der Waals surface area (Å²) in [5.41, 5.74) is -0.709. The molecular formula is C26H31CsF4N4O. The van der Waals surface area contributed by atoms with Crippen LogP contribution in [0.5, 0.6) is 0 Å². The third-order valence-corrected chi connectivity index (χ3v) is 5.32.